The first-order valence-electron chi connectivity index (χ1n) is 8.17. The molecule has 3 aromatic rings. The molecule has 0 unspecified atom stereocenters. The molecule has 1 N–H and O–H groups in total. The molecule has 0 saturated heterocycles. The van der Waals surface area contributed by atoms with Crippen LogP contribution in [0.25, 0.3) is 17.3 Å². The van der Waals surface area contributed by atoms with Crippen molar-refractivity contribution in [2.24, 2.45) is 0 Å². The lowest BCUT2D eigenvalue weighted by atomic mass is 10.0. The number of aromatic amines is 1. The van der Waals surface area contributed by atoms with Gasteiger partial charge in [0.05, 0.1) is 24.1 Å². The highest BCUT2D eigenvalue weighted by Crippen LogP contribution is 2.22. The fourth-order valence-electron chi connectivity index (χ4n) is 2.55. The summed E-state index contributed by atoms with van der Waals surface area (Å²) in [6.07, 6.45) is 2.91. The second-order valence-corrected chi connectivity index (χ2v) is 6.05. The summed E-state index contributed by atoms with van der Waals surface area (Å²) in [7, 11) is 1.45. The number of ether oxygens (including phenoxy) is 1. The number of hydrogen-bond donors (Lipinski definition) is 1. The molecule has 1 aromatic heterocycles. The van der Waals surface area contributed by atoms with Gasteiger partial charge in [-0.05, 0) is 61.4 Å². The third-order valence-corrected chi connectivity index (χ3v) is 4.26. The number of carbonyl (C=O) groups is 1. The van der Waals surface area contributed by atoms with Crippen molar-refractivity contribution < 1.29 is 13.9 Å². The number of rotatable bonds is 5. The summed E-state index contributed by atoms with van der Waals surface area (Å²) in [5, 5.41) is 7.15. The highest BCUT2D eigenvalue weighted by molar-refractivity contribution is 6.07. The molecule has 0 radical (unpaired) electrons. The van der Waals surface area contributed by atoms with Crippen LogP contribution in [0.3, 0.4) is 0 Å². The van der Waals surface area contributed by atoms with Gasteiger partial charge in [-0.3, -0.25) is 9.89 Å². The van der Waals surface area contributed by atoms with Gasteiger partial charge < -0.3 is 4.74 Å². The van der Waals surface area contributed by atoms with Crippen LogP contribution in [-0.4, -0.2) is 23.1 Å². The molecule has 5 heteroatoms. The van der Waals surface area contributed by atoms with Gasteiger partial charge in [0.1, 0.15) is 11.6 Å². The van der Waals surface area contributed by atoms with Crippen LogP contribution in [-0.2, 0) is 0 Å². The van der Waals surface area contributed by atoms with E-state index in [0.29, 0.717) is 11.4 Å². The Morgan fingerprint density at radius 3 is 2.62 bits per heavy atom. The van der Waals surface area contributed by atoms with Crippen LogP contribution >= 0.6 is 0 Å². The molecular weight excluding hydrogens is 331 g/mol. The van der Waals surface area contributed by atoms with Gasteiger partial charge in [0, 0.05) is 11.6 Å². The molecule has 3 rings (SSSR count). The van der Waals surface area contributed by atoms with Gasteiger partial charge in [0.2, 0.25) is 0 Å². The number of halogens is 1. The molecule has 26 heavy (non-hydrogen) atoms. The van der Waals surface area contributed by atoms with Crippen molar-refractivity contribution in [2.75, 3.05) is 7.11 Å². The number of nitrogens with zero attached hydrogens (tertiary/aromatic N) is 1. The summed E-state index contributed by atoms with van der Waals surface area (Å²) < 4.78 is 18.9. The SMILES string of the molecule is COc1ccc(C(=O)/C=C/c2cc(-c3ccc(C)c(C)c3)n[nH]2)c(F)c1. The number of hydrogen-bond acceptors (Lipinski definition) is 3. The number of nitrogens with one attached hydrogen (secondary N) is 1. The van der Waals surface area contributed by atoms with Crippen LogP contribution in [0.4, 0.5) is 4.39 Å². The van der Waals surface area contributed by atoms with Gasteiger partial charge in [-0.15, -0.1) is 0 Å². The van der Waals surface area contributed by atoms with Crippen LogP contribution in [0.1, 0.15) is 27.2 Å². The molecule has 0 saturated carbocycles. The molecule has 4 nitrogen and oxygen atoms in total. The van der Waals surface area contributed by atoms with Crippen molar-refractivity contribution in [1.82, 2.24) is 10.2 Å². The summed E-state index contributed by atoms with van der Waals surface area (Å²) in [5.41, 5.74) is 4.85. The molecule has 0 amide bonds. The van der Waals surface area contributed by atoms with E-state index in [-0.39, 0.29) is 5.56 Å². The van der Waals surface area contributed by atoms with E-state index in [1.54, 1.807) is 12.1 Å². The summed E-state index contributed by atoms with van der Waals surface area (Å²) >= 11 is 0. The average Bonchev–Trinajstić information content (AvgIpc) is 3.11. The third-order valence-electron chi connectivity index (χ3n) is 4.26. The molecule has 2 aromatic carbocycles. The molecule has 0 atom stereocenters. The summed E-state index contributed by atoms with van der Waals surface area (Å²) in [6, 6.07) is 12.1. The van der Waals surface area contributed by atoms with Gasteiger partial charge >= 0.3 is 0 Å². The highest BCUT2D eigenvalue weighted by Gasteiger charge is 2.10. The fourth-order valence-corrected chi connectivity index (χ4v) is 2.55. The normalized spacial score (nSPS) is 11.1. The molecule has 0 aliphatic carbocycles. The number of benzene rings is 2. The zero-order chi connectivity index (χ0) is 18.7. The largest absolute Gasteiger partial charge is 0.497 e. The van der Waals surface area contributed by atoms with Gasteiger partial charge in [0.25, 0.3) is 0 Å². The Labute approximate surface area is 151 Å². The Hall–Kier alpha value is -3.21. The van der Waals surface area contributed by atoms with E-state index in [1.807, 2.05) is 25.1 Å². The summed E-state index contributed by atoms with van der Waals surface area (Å²) in [6.45, 7) is 4.11. The Kier molecular flexibility index (Phi) is 4.98. The highest BCUT2D eigenvalue weighted by atomic mass is 19.1. The van der Waals surface area contributed by atoms with Crippen molar-refractivity contribution in [1.29, 1.82) is 0 Å². The Morgan fingerprint density at radius 1 is 1.12 bits per heavy atom. The number of methoxy groups -OCH3 is 1. The van der Waals surface area contributed by atoms with Crippen molar-refractivity contribution in [2.45, 2.75) is 13.8 Å². The second kappa shape index (κ2) is 7.35. The molecule has 0 spiro atoms. The summed E-state index contributed by atoms with van der Waals surface area (Å²) in [5.74, 6) is -0.665. The number of aromatic nitrogens is 2. The molecule has 0 fully saturated rings. The Bertz CT molecular complexity index is 989. The van der Waals surface area contributed by atoms with Crippen molar-refractivity contribution in [3.05, 3.63) is 76.7 Å². The predicted molar refractivity (Wildman–Crippen MR) is 99.8 cm³/mol. The van der Waals surface area contributed by atoms with E-state index in [1.165, 1.54) is 36.4 Å². The van der Waals surface area contributed by atoms with Crippen LogP contribution < -0.4 is 4.74 Å². The van der Waals surface area contributed by atoms with Gasteiger partial charge in [-0.2, -0.15) is 5.10 Å². The number of aryl methyl sites for hydroxylation is 2. The lowest BCUT2D eigenvalue weighted by Gasteiger charge is -2.02. The number of H-pyrrole nitrogens is 1. The third kappa shape index (κ3) is 3.72. The van der Waals surface area contributed by atoms with Crippen molar-refractivity contribution in [3.63, 3.8) is 0 Å². The van der Waals surface area contributed by atoms with E-state index in [2.05, 4.69) is 23.2 Å². The Balaban J connectivity index is 1.78. The predicted octanol–water partition coefficient (Wildman–Crippen LogP) is 4.74. The van der Waals surface area contributed by atoms with E-state index < -0.39 is 11.6 Å². The maximum absolute atomic E-state index is 14.0. The molecule has 0 bridgehead atoms. The topological polar surface area (TPSA) is 55.0 Å². The standard InChI is InChI=1S/C21H19FN2O2/c1-13-4-5-15(10-14(13)2)20-11-16(23-24-20)6-9-21(25)18-8-7-17(26-3)12-19(18)22/h4-12H,1-3H3,(H,23,24)/b9-6+. The Morgan fingerprint density at radius 2 is 1.92 bits per heavy atom. The van der Waals surface area contributed by atoms with E-state index in [9.17, 15) is 9.18 Å². The minimum absolute atomic E-state index is 0.00375. The van der Waals surface area contributed by atoms with Crippen LogP contribution in [0.5, 0.6) is 5.75 Å². The quantitative estimate of drug-likeness (QED) is 0.534. The van der Waals surface area contributed by atoms with E-state index >= 15 is 0 Å². The van der Waals surface area contributed by atoms with Crippen molar-refractivity contribution in [3.8, 4) is 17.0 Å². The van der Waals surface area contributed by atoms with Gasteiger partial charge in [-0.25, -0.2) is 4.39 Å². The number of carbonyl (C=O) groups excluding carboxylic acids is 1. The van der Waals surface area contributed by atoms with E-state index in [4.69, 9.17) is 4.74 Å². The monoisotopic (exact) mass is 350 g/mol. The van der Waals surface area contributed by atoms with E-state index in [0.717, 1.165) is 11.3 Å². The second-order valence-electron chi connectivity index (χ2n) is 6.05. The molecule has 0 aliphatic rings. The zero-order valence-corrected chi connectivity index (χ0v) is 14.8. The number of allylic oxidation sites excluding steroid dienone is 1. The van der Waals surface area contributed by atoms with Crippen LogP contribution in [0, 0.1) is 19.7 Å². The lowest BCUT2D eigenvalue weighted by molar-refractivity contribution is 0.104. The van der Waals surface area contributed by atoms with Crippen molar-refractivity contribution >= 4 is 11.9 Å². The average molecular weight is 350 g/mol. The fraction of sp³-hybridized carbons (Fsp3) is 0.143. The minimum atomic E-state index is -0.612. The first kappa shape index (κ1) is 17.6. The smallest absolute Gasteiger partial charge is 0.188 e. The first-order chi connectivity index (χ1) is 12.5. The minimum Gasteiger partial charge on any atom is -0.497 e. The molecule has 132 valence electrons. The maximum Gasteiger partial charge on any atom is 0.188 e. The van der Waals surface area contributed by atoms with Crippen LogP contribution in [0.2, 0.25) is 0 Å². The molecule has 0 aliphatic heterocycles. The lowest BCUT2D eigenvalue weighted by Crippen LogP contribution is -1.99. The van der Waals surface area contributed by atoms with Gasteiger partial charge in [0.15, 0.2) is 5.78 Å². The molecule has 1 heterocycles. The van der Waals surface area contributed by atoms with Gasteiger partial charge in [-0.1, -0.05) is 12.1 Å². The first-order valence-corrected chi connectivity index (χ1v) is 8.17. The maximum atomic E-state index is 14.0. The number of ketones is 1. The zero-order valence-electron chi connectivity index (χ0n) is 14.8. The van der Waals surface area contributed by atoms with Crippen LogP contribution in [0.15, 0.2) is 48.5 Å². The molecular formula is C21H19FN2O2. The summed E-state index contributed by atoms with van der Waals surface area (Å²) in [4.78, 5) is 12.2.